The van der Waals surface area contributed by atoms with Crippen molar-refractivity contribution in [3.63, 3.8) is 0 Å². The van der Waals surface area contributed by atoms with Crippen LogP contribution in [0.3, 0.4) is 0 Å². The maximum absolute atomic E-state index is 13.5. The van der Waals surface area contributed by atoms with Crippen molar-refractivity contribution in [1.82, 2.24) is 10.2 Å². The second-order valence-corrected chi connectivity index (χ2v) is 8.28. The molecular formula is C25H25ClN2O3. The Labute approximate surface area is 187 Å². The molecule has 2 aromatic carbocycles. The third-order valence-electron chi connectivity index (χ3n) is 5.64. The van der Waals surface area contributed by atoms with Gasteiger partial charge in [0.05, 0.1) is 6.26 Å². The van der Waals surface area contributed by atoms with E-state index in [0.717, 1.165) is 31.2 Å². The minimum atomic E-state index is -0.810. The van der Waals surface area contributed by atoms with Gasteiger partial charge in [0, 0.05) is 17.6 Å². The number of amides is 2. The second-order valence-electron chi connectivity index (χ2n) is 7.84. The molecule has 1 fully saturated rings. The molecule has 1 saturated carbocycles. The molecule has 1 unspecified atom stereocenters. The van der Waals surface area contributed by atoms with E-state index < -0.39 is 6.04 Å². The smallest absolute Gasteiger partial charge is 0.290 e. The maximum Gasteiger partial charge on any atom is 0.290 e. The van der Waals surface area contributed by atoms with Gasteiger partial charge in [-0.1, -0.05) is 66.9 Å². The number of halogens is 1. The molecule has 0 saturated heterocycles. The van der Waals surface area contributed by atoms with Crippen molar-refractivity contribution in [3.05, 3.63) is 94.9 Å². The van der Waals surface area contributed by atoms with Crippen molar-refractivity contribution in [2.75, 3.05) is 0 Å². The first-order chi connectivity index (χ1) is 15.1. The van der Waals surface area contributed by atoms with Gasteiger partial charge in [0.25, 0.3) is 5.91 Å². The monoisotopic (exact) mass is 436 g/mol. The number of carbonyl (C=O) groups excluding carboxylic acids is 2. The third kappa shape index (κ3) is 5.17. The Morgan fingerprint density at radius 1 is 1.00 bits per heavy atom. The van der Waals surface area contributed by atoms with Crippen molar-refractivity contribution in [2.45, 2.75) is 44.3 Å². The van der Waals surface area contributed by atoms with E-state index in [1.807, 2.05) is 30.3 Å². The number of nitrogens with one attached hydrogen (secondary N) is 1. The van der Waals surface area contributed by atoms with Gasteiger partial charge in [-0.3, -0.25) is 9.59 Å². The number of nitrogens with zero attached hydrogens (tertiary/aromatic N) is 1. The fourth-order valence-electron chi connectivity index (χ4n) is 4.07. The molecule has 1 atom stereocenters. The lowest BCUT2D eigenvalue weighted by Gasteiger charge is -2.32. The minimum Gasteiger partial charge on any atom is -0.459 e. The van der Waals surface area contributed by atoms with Gasteiger partial charge in [-0.25, -0.2) is 0 Å². The van der Waals surface area contributed by atoms with Crippen LogP contribution in [0, 0.1) is 0 Å². The highest BCUT2D eigenvalue weighted by atomic mass is 35.5. The minimum absolute atomic E-state index is 0.139. The molecule has 1 heterocycles. The van der Waals surface area contributed by atoms with E-state index in [1.165, 1.54) is 6.26 Å². The molecule has 1 aromatic heterocycles. The molecule has 2 amide bonds. The molecule has 3 aromatic rings. The lowest BCUT2D eigenvalue weighted by Crippen LogP contribution is -2.45. The lowest BCUT2D eigenvalue weighted by atomic mass is 10.0. The molecule has 0 aliphatic heterocycles. The summed E-state index contributed by atoms with van der Waals surface area (Å²) in [4.78, 5) is 28.6. The highest BCUT2D eigenvalue weighted by Gasteiger charge is 2.34. The number of carbonyl (C=O) groups is 2. The van der Waals surface area contributed by atoms with Crippen LogP contribution in [0.1, 0.15) is 53.4 Å². The molecule has 1 N–H and O–H groups in total. The highest BCUT2D eigenvalue weighted by molar-refractivity contribution is 6.30. The molecule has 4 rings (SSSR count). The van der Waals surface area contributed by atoms with Crippen LogP contribution in [0.25, 0.3) is 0 Å². The molecule has 1 aliphatic carbocycles. The molecule has 5 nitrogen and oxygen atoms in total. The van der Waals surface area contributed by atoms with Crippen molar-refractivity contribution in [3.8, 4) is 0 Å². The summed E-state index contributed by atoms with van der Waals surface area (Å²) >= 11 is 6.09. The van der Waals surface area contributed by atoms with Crippen LogP contribution in [-0.2, 0) is 11.3 Å². The van der Waals surface area contributed by atoms with Crippen LogP contribution in [0.5, 0.6) is 0 Å². The fourth-order valence-corrected chi connectivity index (χ4v) is 4.20. The summed E-state index contributed by atoms with van der Waals surface area (Å²) in [6, 6.07) is 19.3. The number of rotatable bonds is 7. The van der Waals surface area contributed by atoms with Gasteiger partial charge in [-0.2, -0.15) is 0 Å². The summed E-state index contributed by atoms with van der Waals surface area (Å²) in [5, 5.41) is 3.74. The quantitative estimate of drug-likeness (QED) is 0.541. The summed E-state index contributed by atoms with van der Waals surface area (Å²) < 4.78 is 5.39. The largest absolute Gasteiger partial charge is 0.459 e. The zero-order chi connectivity index (χ0) is 21.6. The van der Waals surface area contributed by atoms with Crippen molar-refractivity contribution in [2.24, 2.45) is 0 Å². The Morgan fingerprint density at radius 3 is 2.35 bits per heavy atom. The summed E-state index contributed by atoms with van der Waals surface area (Å²) in [7, 11) is 0. The van der Waals surface area contributed by atoms with E-state index in [1.54, 1.807) is 41.3 Å². The lowest BCUT2D eigenvalue weighted by molar-refractivity contribution is -0.126. The molecule has 0 radical (unpaired) electrons. The Hall–Kier alpha value is -3.05. The van der Waals surface area contributed by atoms with E-state index in [2.05, 4.69) is 5.32 Å². The molecule has 0 spiro atoms. The van der Waals surface area contributed by atoms with E-state index in [-0.39, 0.29) is 30.2 Å². The number of furan rings is 1. The fraction of sp³-hybridized carbons (Fsp3) is 0.280. The third-order valence-corrected chi connectivity index (χ3v) is 5.89. The van der Waals surface area contributed by atoms with Gasteiger partial charge in [-0.15, -0.1) is 0 Å². The van der Waals surface area contributed by atoms with Crippen molar-refractivity contribution in [1.29, 1.82) is 0 Å². The van der Waals surface area contributed by atoms with E-state index >= 15 is 0 Å². The predicted octanol–water partition coefficient (Wildman–Crippen LogP) is 5.38. The van der Waals surface area contributed by atoms with E-state index in [0.29, 0.717) is 10.6 Å². The van der Waals surface area contributed by atoms with Gasteiger partial charge in [0.1, 0.15) is 6.04 Å². The van der Waals surface area contributed by atoms with Crippen LogP contribution >= 0.6 is 11.6 Å². The van der Waals surface area contributed by atoms with Crippen LogP contribution in [0.2, 0.25) is 5.02 Å². The van der Waals surface area contributed by atoms with Crippen molar-refractivity contribution < 1.29 is 14.0 Å². The number of hydrogen-bond acceptors (Lipinski definition) is 3. The average Bonchev–Trinajstić information content (AvgIpc) is 3.49. The first-order valence-electron chi connectivity index (χ1n) is 10.6. The number of benzene rings is 2. The second kappa shape index (κ2) is 9.84. The predicted molar refractivity (Wildman–Crippen MR) is 120 cm³/mol. The Kier molecular flexibility index (Phi) is 6.73. The Balaban J connectivity index is 1.72. The van der Waals surface area contributed by atoms with Crippen LogP contribution in [0.15, 0.2) is 77.4 Å². The van der Waals surface area contributed by atoms with Crippen LogP contribution in [-0.4, -0.2) is 22.8 Å². The summed E-state index contributed by atoms with van der Waals surface area (Å²) in [6.07, 6.45) is 5.60. The average molecular weight is 437 g/mol. The first-order valence-corrected chi connectivity index (χ1v) is 10.9. The molecule has 31 heavy (non-hydrogen) atoms. The summed E-state index contributed by atoms with van der Waals surface area (Å²) in [5.41, 5.74) is 1.63. The van der Waals surface area contributed by atoms with Gasteiger partial charge in [0.2, 0.25) is 5.91 Å². The molecule has 160 valence electrons. The van der Waals surface area contributed by atoms with Gasteiger partial charge in [0.15, 0.2) is 5.76 Å². The first kappa shape index (κ1) is 21.2. The summed E-state index contributed by atoms with van der Waals surface area (Å²) in [6.45, 7) is 0.270. The van der Waals surface area contributed by atoms with Crippen molar-refractivity contribution >= 4 is 23.4 Å². The topological polar surface area (TPSA) is 62.6 Å². The Morgan fingerprint density at radius 2 is 1.71 bits per heavy atom. The zero-order valence-electron chi connectivity index (χ0n) is 17.2. The molecule has 0 bridgehead atoms. The van der Waals surface area contributed by atoms with E-state index in [9.17, 15) is 9.59 Å². The maximum atomic E-state index is 13.5. The van der Waals surface area contributed by atoms with Gasteiger partial charge < -0.3 is 14.6 Å². The normalized spacial score (nSPS) is 14.9. The van der Waals surface area contributed by atoms with Gasteiger partial charge in [-0.05, 0) is 48.2 Å². The van der Waals surface area contributed by atoms with Crippen LogP contribution in [0.4, 0.5) is 0 Å². The molecular weight excluding hydrogens is 412 g/mol. The summed E-state index contributed by atoms with van der Waals surface area (Å²) in [5.74, 6) is -0.330. The van der Waals surface area contributed by atoms with Crippen LogP contribution < -0.4 is 5.32 Å². The van der Waals surface area contributed by atoms with Gasteiger partial charge >= 0.3 is 0 Å². The zero-order valence-corrected chi connectivity index (χ0v) is 17.9. The molecule has 6 heteroatoms. The SMILES string of the molecule is O=C(NC1CCCC1)C(c1ccc(Cl)cc1)N(Cc1ccccc1)C(=O)c1ccco1. The standard InChI is InChI=1S/C25H25ClN2O3/c26-20-14-12-19(13-15-20)23(24(29)27-21-9-4-5-10-21)28(17-18-7-2-1-3-8-18)25(30)22-11-6-16-31-22/h1-3,6-8,11-16,21,23H,4-5,9-10,17H2,(H,27,29). The Bertz CT molecular complexity index is 997. The highest BCUT2D eigenvalue weighted by Crippen LogP contribution is 2.28. The molecule has 1 aliphatic rings. The van der Waals surface area contributed by atoms with E-state index in [4.69, 9.17) is 16.0 Å². The number of hydrogen-bond donors (Lipinski definition) is 1.